The second kappa shape index (κ2) is 7.75. The monoisotopic (exact) mass is 385 g/mol. The average molecular weight is 386 g/mol. The molecule has 1 unspecified atom stereocenters. The van der Waals surface area contributed by atoms with Crippen LogP contribution in [0.5, 0.6) is 0 Å². The molecule has 0 bridgehead atoms. The molecule has 5 nitrogen and oxygen atoms in total. The summed E-state index contributed by atoms with van der Waals surface area (Å²) in [6.07, 6.45) is -0.643. The fourth-order valence-electron chi connectivity index (χ4n) is 2.25. The Morgan fingerprint density at radius 1 is 1.04 bits per heavy atom. The average Bonchev–Trinajstić information content (AvgIpc) is 2.44. The van der Waals surface area contributed by atoms with E-state index < -0.39 is 32.7 Å². The van der Waals surface area contributed by atoms with Gasteiger partial charge >= 0.3 is 6.09 Å². The van der Waals surface area contributed by atoms with Crippen LogP contribution in [0.2, 0.25) is 13.1 Å². The van der Waals surface area contributed by atoms with Crippen molar-refractivity contribution in [1.29, 1.82) is 0 Å². The summed E-state index contributed by atoms with van der Waals surface area (Å²) in [7, 11) is -3.67. The highest BCUT2D eigenvalue weighted by atomic mass is 31.2. The lowest BCUT2D eigenvalue weighted by Crippen LogP contribution is -2.45. The predicted octanol–water partition coefficient (Wildman–Crippen LogP) is 5.53. The molecule has 0 aromatic heterocycles. The summed E-state index contributed by atoms with van der Waals surface area (Å²) in [5.74, 6) is 0. The molecule has 0 aliphatic heterocycles. The van der Waals surface area contributed by atoms with Crippen molar-refractivity contribution in [2.75, 3.05) is 7.11 Å². The number of hydrogen-bond acceptors (Lipinski definition) is 4. The van der Waals surface area contributed by atoms with Gasteiger partial charge in [-0.15, -0.1) is 4.74 Å². The summed E-state index contributed by atoms with van der Waals surface area (Å²) in [6, 6.07) is 10.0. The normalized spacial score (nSPS) is 15.4. The van der Waals surface area contributed by atoms with Crippen molar-refractivity contribution in [2.24, 2.45) is 4.74 Å². The van der Waals surface area contributed by atoms with Crippen molar-refractivity contribution in [3.05, 3.63) is 30.3 Å². The molecule has 1 amide bonds. The third-order valence-electron chi connectivity index (χ3n) is 3.52. The fourth-order valence-corrected chi connectivity index (χ4v) is 8.88. The number of rotatable bonds is 4. The van der Waals surface area contributed by atoms with Crippen molar-refractivity contribution in [1.82, 2.24) is 0 Å². The minimum atomic E-state index is -2.88. The van der Waals surface area contributed by atoms with E-state index in [9.17, 15) is 4.79 Å². The van der Waals surface area contributed by atoms with E-state index in [0.717, 1.165) is 5.19 Å². The molecule has 0 heterocycles. The van der Waals surface area contributed by atoms with E-state index in [4.69, 9.17) is 13.5 Å². The van der Waals surface area contributed by atoms with Gasteiger partial charge in [-0.25, -0.2) is 4.79 Å². The van der Waals surface area contributed by atoms with Crippen molar-refractivity contribution < 1.29 is 18.3 Å². The lowest BCUT2D eigenvalue weighted by Gasteiger charge is -2.39. The maximum absolute atomic E-state index is 12.4. The first kappa shape index (κ1) is 22.1. The molecule has 7 heteroatoms. The molecular weight excluding hydrogens is 353 g/mol. The summed E-state index contributed by atoms with van der Waals surface area (Å²) >= 11 is 0. The minimum absolute atomic E-state index is 0.461. The summed E-state index contributed by atoms with van der Waals surface area (Å²) in [4.78, 5) is 12.4. The Balaban J connectivity index is 3.37. The third kappa shape index (κ3) is 6.06. The minimum Gasteiger partial charge on any atom is -0.442 e. The van der Waals surface area contributed by atoms with Crippen molar-refractivity contribution in [2.45, 2.75) is 65.4 Å². The van der Waals surface area contributed by atoms with E-state index in [1.54, 1.807) is 7.11 Å². The van der Waals surface area contributed by atoms with Gasteiger partial charge in [0.15, 0.2) is 0 Å². The van der Waals surface area contributed by atoms with E-state index in [-0.39, 0.29) is 0 Å². The van der Waals surface area contributed by atoms with E-state index in [0.29, 0.717) is 0 Å². The Morgan fingerprint density at radius 2 is 1.56 bits per heavy atom. The van der Waals surface area contributed by atoms with Crippen LogP contribution in [0.1, 0.15) is 41.5 Å². The maximum Gasteiger partial charge on any atom is 0.436 e. The number of nitrogens with zero attached hydrogens (tertiary/aromatic N) is 1. The van der Waals surface area contributed by atoms with Crippen LogP contribution in [0.4, 0.5) is 4.79 Å². The van der Waals surface area contributed by atoms with Gasteiger partial charge in [0, 0.05) is 12.3 Å². The van der Waals surface area contributed by atoms with Gasteiger partial charge in [0.1, 0.15) is 5.60 Å². The van der Waals surface area contributed by atoms with Crippen molar-refractivity contribution in [3.8, 4) is 0 Å². The largest absolute Gasteiger partial charge is 0.442 e. The van der Waals surface area contributed by atoms with Crippen LogP contribution in [0.3, 0.4) is 0 Å². The summed E-state index contributed by atoms with van der Waals surface area (Å²) in [5, 5.41) is 0.664. The Kier molecular flexibility index (Phi) is 6.85. The molecule has 1 aromatic carbocycles. The molecule has 0 aliphatic rings. The molecular formula is C18H32NO4PSi. The fraction of sp³-hybridized carbons (Fsp3) is 0.611. The van der Waals surface area contributed by atoms with Crippen LogP contribution < -0.4 is 5.19 Å². The van der Waals surface area contributed by atoms with Gasteiger partial charge in [0.2, 0.25) is 15.8 Å². The van der Waals surface area contributed by atoms with Crippen molar-refractivity contribution >= 4 is 27.1 Å². The first-order chi connectivity index (χ1) is 11.2. The third-order valence-corrected chi connectivity index (χ3v) is 10.7. The highest BCUT2D eigenvalue weighted by Gasteiger charge is 2.43. The number of amides is 1. The van der Waals surface area contributed by atoms with Gasteiger partial charge in [-0.1, -0.05) is 51.1 Å². The van der Waals surface area contributed by atoms with Gasteiger partial charge < -0.3 is 13.5 Å². The second-order valence-electron chi connectivity index (χ2n) is 8.42. The van der Waals surface area contributed by atoms with Gasteiger partial charge in [0.05, 0.1) is 0 Å². The highest BCUT2D eigenvalue weighted by Crippen LogP contribution is 2.63. The van der Waals surface area contributed by atoms with Crippen molar-refractivity contribution in [3.63, 3.8) is 0 Å². The Labute approximate surface area is 153 Å². The molecule has 0 fully saturated rings. The highest BCUT2D eigenvalue weighted by molar-refractivity contribution is 7.60. The number of ether oxygens (including phenoxy) is 1. The standard InChI is InChI=1S/C18H32NO4PSi/c1-17(2,3)22-16(20)19-24(21-7,18(4,5)6)23-25(8,9)15-13-11-10-12-14-15/h10-14H,1-9H3. The van der Waals surface area contributed by atoms with Crippen LogP contribution in [-0.4, -0.2) is 32.3 Å². The first-order valence-corrected chi connectivity index (χ1v) is 12.9. The maximum atomic E-state index is 12.4. The quantitative estimate of drug-likeness (QED) is 0.505. The Bertz CT molecular complexity index is 645. The van der Waals surface area contributed by atoms with E-state index in [1.165, 1.54) is 0 Å². The number of carbonyl (C=O) groups is 1. The number of carbonyl (C=O) groups excluding carboxylic acids is 1. The molecule has 142 valence electrons. The Morgan fingerprint density at radius 3 is 1.96 bits per heavy atom. The van der Waals surface area contributed by atoms with Crippen LogP contribution in [0.15, 0.2) is 35.1 Å². The predicted molar refractivity (Wildman–Crippen MR) is 107 cm³/mol. The molecule has 25 heavy (non-hydrogen) atoms. The van der Waals surface area contributed by atoms with Crippen LogP contribution in [0, 0.1) is 0 Å². The SMILES string of the molecule is COP(=NC(=O)OC(C)(C)C)(O[Si](C)(C)c1ccccc1)C(C)(C)C. The molecule has 0 spiro atoms. The first-order valence-electron chi connectivity index (χ1n) is 8.40. The molecule has 1 atom stereocenters. The van der Waals surface area contributed by atoms with Crippen LogP contribution in [-0.2, 0) is 13.5 Å². The molecule has 0 aliphatic carbocycles. The molecule has 0 radical (unpaired) electrons. The van der Waals surface area contributed by atoms with Gasteiger partial charge in [-0.3, -0.25) is 0 Å². The molecule has 0 N–H and O–H groups in total. The zero-order chi connectivity index (χ0) is 19.5. The topological polar surface area (TPSA) is 57.1 Å². The van der Waals surface area contributed by atoms with Gasteiger partial charge in [-0.05, 0) is 39.1 Å². The van der Waals surface area contributed by atoms with E-state index in [1.807, 2.05) is 71.9 Å². The number of benzene rings is 1. The molecule has 1 aromatic rings. The Hall–Kier alpha value is -0.943. The smallest absolute Gasteiger partial charge is 0.436 e. The van der Waals surface area contributed by atoms with E-state index >= 15 is 0 Å². The lowest BCUT2D eigenvalue weighted by molar-refractivity contribution is 0.0602. The molecule has 1 rings (SSSR count). The zero-order valence-corrected chi connectivity index (χ0v) is 18.8. The van der Waals surface area contributed by atoms with Crippen LogP contribution >= 0.6 is 7.51 Å². The zero-order valence-electron chi connectivity index (χ0n) is 16.9. The van der Waals surface area contributed by atoms with E-state index in [2.05, 4.69) is 17.8 Å². The molecule has 0 saturated heterocycles. The summed E-state index contributed by atoms with van der Waals surface area (Å²) in [6.45, 7) is 15.6. The molecule has 0 saturated carbocycles. The number of hydrogen-bond donors (Lipinski definition) is 0. The second-order valence-corrected chi connectivity index (χ2v) is 15.7. The van der Waals surface area contributed by atoms with Gasteiger partial charge in [0.25, 0.3) is 0 Å². The van der Waals surface area contributed by atoms with Crippen LogP contribution in [0.25, 0.3) is 0 Å². The van der Waals surface area contributed by atoms with Gasteiger partial charge in [-0.2, -0.15) is 0 Å². The summed E-state index contributed by atoms with van der Waals surface area (Å²) < 4.78 is 22.1. The summed E-state index contributed by atoms with van der Waals surface area (Å²) in [5.41, 5.74) is -0.617. The lowest BCUT2D eigenvalue weighted by atomic mass is 10.2.